The van der Waals surface area contributed by atoms with Gasteiger partial charge in [-0.15, -0.1) is 0 Å². The molecule has 6 heteroatoms. The van der Waals surface area contributed by atoms with E-state index in [0.717, 1.165) is 23.1 Å². The smallest absolute Gasteiger partial charge is 0.323 e. The Morgan fingerprint density at radius 2 is 1.94 bits per heavy atom. The average molecular weight is 243 g/mol. The summed E-state index contributed by atoms with van der Waals surface area (Å²) in [4.78, 5) is 23.3. The number of carbonyl (C=O) groups excluding carboxylic acids is 1. The van der Waals surface area contributed by atoms with Gasteiger partial charge in [0.15, 0.2) is 11.6 Å². The first-order valence-electron chi connectivity index (χ1n) is 4.91. The van der Waals surface area contributed by atoms with Gasteiger partial charge in [0, 0.05) is 12.1 Å². The van der Waals surface area contributed by atoms with E-state index in [1.54, 1.807) is 6.92 Å². The van der Waals surface area contributed by atoms with E-state index in [2.05, 4.69) is 0 Å². The number of benzene rings is 1. The van der Waals surface area contributed by atoms with E-state index >= 15 is 0 Å². The number of carbonyl (C=O) groups is 2. The molecule has 0 aliphatic carbocycles. The van der Waals surface area contributed by atoms with Crippen LogP contribution in [0.4, 0.5) is 8.78 Å². The number of carboxylic acid groups (broad SMARTS) is 1. The molecule has 0 fully saturated rings. The van der Waals surface area contributed by atoms with Gasteiger partial charge in [0.2, 0.25) is 0 Å². The van der Waals surface area contributed by atoms with Crippen LogP contribution in [-0.4, -0.2) is 35.0 Å². The summed E-state index contributed by atoms with van der Waals surface area (Å²) in [6.45, 7) is 1.29. The Balaban J connectivity index is 2.93. The highest BCUT2D eigenvalue weighted by Gasteiger charge is 2.18. The molecule has 0 saturated heterocycles. The summed E-state index contributed by atoms with van der Waals surface area (Å²) in [5.41, 5.74) is -0.0769. The molecule has 17 heavy (non-hydrogen) atoms. The molecule has 1 amide bonds. The van der Waals surface area contributed by atoms with Crippen molar-refractivity contribution < 1.29 is 23.5 Å². The lowest BCUT2D eigenvalue weighted by Gasteiger charge is -2.18. The largest absolute Gasteiger partial charge is 0.480 e. The lowest BCUT2D eigenvalue weighted by molar-refractivity contribution is -0.137. The van der Waals surface area contributed by atoms with E-state index in [-0.39, 0.29) is 12.1 Å². The summed E-state index contributed by atoms with van der Waals surface area (Å²) in [7, 11) is 0. The first-order valence-corrected chi connectivity index (χ1v) is 4.91. The maximum atomic E-state index is 12.9. The van der Waals surface area contributed by atoms with Crippen molar-refractivity contribution in [1.82, 2.24) is 4.90 Å². The molecule has 0 aliphatic rings. The Morgan fingerprint density at radius 1 is 1.29 bits per heavy atom. The van der Waals surface area contributed by atoms with Crippen molar-refractivity contribution in [3.63, 3.8) is 0 Å². The van der Waals surface area contributed by atoms with Gasteiger partial charge < -0.3 is 10.0 Å². The molecule has 0 heterocycles. The fourth-order valence-corrected chi connectivity index (χ4v) is 1.30. The third kappa shape index (κ3) is 3.24. The minimum Gasteiger partial charge on any atom is -0.480 e. The van der Waals surface area contributed by atoms with Gasteiger partial charge in [0.05, 0.1) is 0 Å². The molecule has 1 N–H and O–H groups in total. The summed E-state index contributed by atoms with van der Waals surface area (Å²) in [6.07, 6.45) is 0. The first-order chi connectivity index (χ1) is 7.95. The molecule has 0 aromatic heterocycles. The minimum atomic E-state index is -1.16. The second kappa shape index (κ2) is 5.38. The van der Waals surface area contributed by atoms with E-state index in [9.17, 15) is 18.4 Å². The van der Waals surface area contributed by atoms with E-state index in [1.807, 2.05) is 0 Å². The Kier molecular flexibility index (Phi) is 4.14. The van der Waals surface area contributed by atoms with Crippen molar-refractivity contribution in [3.05, 3.63) is 35.4 Å². The molecule has 0 radical (unpaired) electrons. The fraction of sp³-hybridized carbons (Fsp3) is 0.273. The number of hydrogen-bond donors (Lipinski definition) is 1. The summed E-state index contributed by atoms with van der Waals surface area (Å²) >= 11 is 0. The Hall–Kier alpha value is -1.98. The molecule has 1 rings (SSSR count). The maximum Gasteiger partial charge on any atom is 0.323 e. The standard InChI is InChI=1S/C11H11F2NO3/c1-2-14(6-10(15)16)11(17)7-3-4-8(12)9(13)5-7/h3-5H,2,6H2,1H3,(H,15,16). The molecular weight excluding hydrogens is 232 g/mol. The second-order valence-electron chi connectivity index (χ2n) is 3.34. The number of rotatable bonds is 4. The van der Waals surface area contributed by atoms with Gasteiger partial charge in [0.25, 0.3) is 5.91 Å². The van der Waals surface area contributed by atoms with Crippen LogP contribution in [0.2, 0.25) is 0 Å². The Labute approximate surface area is 96.5 Å². The molecule has 0 aliphatic heterocycles. The van der Waals surface area contributed by atoms with Crippen LogP contribution >= 0.6 is 0 Å². The van der Waals surface area contributed by atoms with Crippen molar-refractivity contribution in [2.24, 2.45) is 0 Å². The molecule has 0 saturated carbocycles. The zero-order chi connectivity index (χ0) is 13.0. The molecule has 1 aromatic carbocycles. The summed E-state index contributed by atoms with van der Waals surface area (Å²) in [6, 6.07) is 2.70. The summed E-state index contributed by atoms with van der Waals surface area (Å²) in [5, 5.41) is 8.58. The topological polar surface area (TPSA) is 57.6 Å². The number of halogens is 2. The van der Waals surface area contributed by atoms with Gasteiger partial charge >= 0.3 is 5.97 Å². The Morgan fingerprint density at radius 3 is 2.41 bits per heavy atom. The lowest BCUT2D eigenvalue weighted by atomic mass is 10.2. The van der Waals surface area contributed by atoms with E-state index in [0.29, 0.717) is 0 Å². The predicted molar refractivity (Wildman–Crippen MR) is 55.6 cm³/mol. The molecule has 1 aromatic rings. The summed E-state index contributed by atoms with van der Waals surface area (Å²) in [5.74, 6) is -4.00. The van der Waals surface area contributed by atoms with E-state index in [4.69, 9.17) is 5.11 Å². The fourth-order valence-electron chi connectivity index (χ4n) is 1.30. The van der Waals surface area contributed by atoms with Crippen LogP contribution in [0.5, 0.6) is 0 Å². The first kappa shape index (κ1) is 13.1. The van der Waals surface area contributed by atoms with Gasteiger partial charge in [-0.05, 0) is 25.1 Å². The third-order valence-electron chi connectivity index (χ3n) is 2.16. The van der Waals surface area contributed by atoms with Gasteiger partial charge in [-0.1, -0.05) is 0 Å². The normalized spacial score (nSPS) is 10.1. The van der Waals surface area contributed by atoms with Gasteiger partial charge in [-0.25, -0.2) is 8.78 Å². The van der Waals surface area contributed by atoms with E-state index in [1.165, 1.54) is 0 Å². The average Bonchev–Trinajstić information content (AvgIpc) is 2.28. The minimum absolute atomic E-state index is 0.0769. The highest BCUT2D eigenvalue weighted by Crippen LogP contribution is 2.11. The van der Waals surface area contributed by atoms with Crippen LogP contribution in [0.1, 0.15) is 17.3 Å². The monoisotopic (exact) mass is 243 g/mol. The van der Waals surface area contributed by atoms with Gasteiger partial charge in [-0.3, -0.25) is 9.59 Å². The van der Waals surface area contributed by atoms with Crippen molar-refractivity contribution in [3.8, 4) is 0 Å². The number of aliphatic carboxylic acids is 1. The van der Waals surface area contributed by atoms with Crippen molar-refractivity contribution >= 4 is 11.9 Å². The van der Waals surface area contributed by atoms with Crippen molar-refractivity contribution in [2.75, 3.05) is 13.1 Å². The predicted octanol–water partition coefficient (Wildman–Crippen LogP) is 1.51. The highest BCUT2D eigenvalue weighted by molar-refractivity contribution is 5.95. The zero-order valence-corrected chi connectivity index (χ0v) is 9.11. The van der Waals surface area contributed by atoms with Gasteiger partial charge in [0.1, 0.15) is 6.54 Å². The van der Waals surface area contributed by atoms with Crippen molar-refractivity contribution in [2.45, 2.75) is 6.92 Å². The SMILES string of the molecule is CCN(CC(=O)O)C(=O)c1ccc(F)c(F)c1. The third-order valence-corrected chi connectivity index (χ3v) is 2.16. The van der Waals surface area contributed by atoms with Crippen LogP contribution in [0, 0.1) is 11.6 Å². The molecule has 0 bridgehead atoms. The second-order valence-corrected chi connectivity index (χ2v) is 3.34. The van der Waals surface area contributed by atoms with Crippen LogP contribution in [0.25, 0.3) is 0 Å². The highest BCUT2D eigenvalue weighted by atomic mass is 19.2. The molecule has 0 unspecified atom stereocenters. The lowest BCUT2D eigenvalue weighted by Crippen LogP contribution is -2.35. The van der Waals surface area contributed by atoms with Crippen LogP contribution in [-0.2, 0) is 4.79 Å². The number of nitrogens with zero attached hydrogens (tertiary/aromatic N) is 1. The molecule has 4 nitrogen and oxygen atoms in total. The van der Waals surface area contributed by atoms with Gasteiger partial charge in [-0.2, -0.15) is 0 Å². The number of likely N-dealkylation sites (N-methyl/N-ethyl adjacent to an activating group) is 1. The number of hydrogen-bond acceptors (Lipinski definition) is 2. The molecule has 92 valence electrons. The number of amides is 1. The maximum absolute atomic E-state index is 12.9. The summed E-state index contributed by atoms with van der Waals surface area (Å²) < 4.78 is 25.6. The van der Waals surface area contributed by atoms with Crippen LogP contribution < -0.4 is 0 Å². The molecule has 0 spiro atoms. The molecule has 0 atom stereocenters. The van der Waals surface area contributed by atoms with E-state index < -0.39 is 30.1 Å². The Bertz CT molecular complexity index is 448. The zero-order valence-electron chi connectivity index (χ0n) is 9.11. The van der Waals surface area contributed by atoms with Crippen LogP contribution in [0.3, 0.4) is 0 Å². The van der Waals surface area contributed by atoms with Crippen LogP contribution in [0.15, 0.2) is 18.2 Å². The molecular formula is C11H11F2NO3. The van der Waals surface area contributed by atoms with Crippen molar-refractivity contribution in [1.29, 1.82) is 0 Å². The quantitative estimate of drug-likeness (QED) is 0.872. The number of carboxylic acids is 1.